The highest BCUT2D eigenvalue weighted by molar-refractivity contribution is 7.89. The van der Waals surface area contributed by atoms with E-state index in [2.05, 4.69) is 10.3 Å². The molecule has 6 nitrogen and oxygen atoms in total. The van der Waals surface area contributed by atoms with Crippen LogP contribution in [0.1, 0.15) is 35.2 Å². The summed E-state index contributed by atoms with van der Waals surface area (Å²) in [4.78, 5) is 16.3. The number of nitrogens with zero attached hydrogens (tertiary/aromatic N) is 2. The predicted octanol–water partition coefficient (Wildman–Crippen LogP) is 2.84. The molecule has 1 N–H and O–H groups in total. The van der Waals surface area contributed by atoms with Crippen LogP contribution in [0.3, 0.4) is 0 Å². The number of sulfonamides is 1. The number of hydrogen-bond donors (Lipinski definition) is 1. The number of amides is 1. The van der Waals surface area contributed by atoms with Gasteiger partial charge >= 0.3 is 0 Å². The van der Waals surface area contributed by atoms with Crippen molar-refractivity contribution >= 4 is 27.5 Å². The molecule has 0 saturated carbocycles. The van der Waals surface area contributed by atoms with Gasteiger partial charge in [-0.3, -0.25) is 4.79 Å². The third-order valence-corrected chi connectivity index (χ3v) is 6.39. The van der Waals surface area contributed by atoms with Crippen molar-refractivity contribution in [2.75, 3.05) is 13.1 Å². The van der Waals surface area contributed by atoms with E-state index in [4.69, 9.17) is 11.6 Å². The van der Waals surface area contributed by atoms with Gasteiger partial charge in [0.05, 0.1) is 4.90 Å². The van der Waals surface area contributed by atoms with Gasteiger partial charge in [0.1, 0.15) is 5.15 Å². The second kappa shape index (κ2) is 8.16. The lowest BCUT2D eigenvalue weighted by atomic mass is 10.2. The topological polar surface area (TPSA) is 79.4 Å². The summed E-state index contributed by atoms with van der Waals surface area (Å²) in [5, 5.41) is 3.01. The Morgan fingerprint density at radius 3 is 2.65 bits per heavy atom. The Balaban J connectivity index is 1.70. The lowest BCUT2D eigenvalue weighted by molar-refractivity contribution is 0.0951. The zero-order valence-electron chi connectivity index (χ0n) is 14.2. The van der Waals surface area contributed by atoms with Crippen LogP contribution in [0.5, 0.6) is 0 Å². The predicted molar refractivity (Wildman–Crippen MR) is 99.5 cm³/mol. The zero-order chi connectivity index (χ0) is 18.6. The van der Waals surface area contributed by atoms with E-state index in [0.29, 0.717) is 18.7 Å². The molecule has 0 radical (unpaired) electrons. The summed E-state index contributed by atoms with van der Waals surface area (Å²) >= 11 is 5.79. The number of aromatic nitrogens is 1. The van der Waals surface area contributed by atoms with Crippen LogP contribution in [-0.2, 0) is 16.6 Å². The van der Waals surface area contributed by atoms with Crippen LogP contribution in [-0.4, -0.2) is 36.7 Å². The molecule has 1 amide bonds. The lowest BCUT2D eigenvalue weighted by Crippen LogP contribution is -2.35. The lowest BCUT2D eigenvalue weighted by Gasteiger charge is -2.26. The van der Waals surface area contributed by atoms with Crippen LogP contribution >= 0.6 is 11.6 Å². The Labute approximate surface area is 158 Å². The van der Waals surface area contributed by atoms with Crippen molar-refractivity contribution in [3.05, 3.63) is 58.9 Å². The van der Waals surface area contributed by atoms with Crippen molar-refractivity contribution in [3.8, 4) is 0 Å². The minimum atomic E-state index is -3.49. The zero-order valence-corrected chi connectivity index (χ0v) is 15.8. The minimum Gasteiger partial charge on any atom is -0.348 e. The van der Waals surface area contributed by atoms with E-state index in [9.17, 15) is 13.2 Å². The number of nitrogens with one attached hydrogen (secondary N) is 1. The van der Waals surface area contributed by atoms with E-state index < -0.39 is 10.0 Å². The summed E-state index contributed by atoms with van der Waals surface area (Å²) in [6.45, 7) is 1.35. The standard InChI is InChI=1S/C18H20ClN3O3S/c19-17-12-15(7-8-20-17)18(23)21-13-14-5-4-6-16(11-14)26(24,25)22-9-2-1-3-10-22/h4-8,11-12H,1-3,9-10,13H2,(H,21,23). The van der Waals surface area contributed by atoms with Crippen molar-refractivity contribution in [2.45, 2.75) is 30.7 Å². The second-order valence-electron chi connectivity index (χ2n) is 6.16. The third-order valence-electron chi connectivity index (χ3n) is 4.29. The van der Waals surface area contributed by atoms with Crippen LogP contribution in [0, 0.1) is 0 Å². The average Bonchev–Trinajstić information content (AvgIpc) is 2.67. The van der Waals surface area contributed by atoms with Crippen LogP contribution in [0.15, 0.2) is 47.5 Å². The first-order valence-electron chi connectivity index (χ1n) is 8.46. The van der Waals surface area contributed by atoms with Crippen molar-refractivity contribution in [3.63, 3.8) is 0 Å². The van der Waals surface area contributed by atoms with Gasteiger partial charge in [0.2, 0.25) is 10.0 Å². The summed E-state index contributed by atoms with van der Waals surface area (Å²) in [6.07, 6.45) is 4.31. The van der Waals surface area contributed by atoms with Crippen molar-refractivity contribution in [2.24, 2.45) is 0 Å². The SMILES string of the molecule is O=C(NCc1cccc(S(=O)(=O)N2CCCCC2)c1)c1ccnc(Cl)c1. The molecular formula is C18H20ClN3O3S. The molecule has 0 unspecified atom stereocenters. The first kappa shape index (κ1) is 18.8. The fourth-order valence-corrected chi connectivity index (χ4v) is 4.66. The molecule has 0 aliphatic carbocycles. The fourth-order valence-electron chi connectivity index (χ4n) is 2.90. The van der Waals surface area contributed by atoms with Crippen molar-refractivity contribution in [1.82, 2.24) is 14.6 Å². The quantitative estimate of drug-likeness (QED) is 0.792. The smallest absolute Gasteiger partial charge is 0.251 e. The monoisotopic (exact) mass is 393 g/mol. The van der Waals surface area contributed by atoms with Gasteiger partial charge in [0.25, 0.3) is 5.91 Å². The Kier molecular flexibility index (Phi) is 5.90. The number of rotatable bonds is 5. The molecule has 1 fully saturated rings. The summed E-state index contributed by atoms with van der Waals surface area (Å²) in [5.74, 6) is -0.293. The number of hydrogen-bond acceptors (Lipinski definition) is 4. The minimum absolute atomic E-state index is 0.224. The number of piperidine rings is 1. The van der Waals surface area contributed by atoms with E-state index in [0.717, 1.165) is 24.8 Å². The maximum absolute atomic E-state index is 12.8. The van der Waals surface area contributed by atoms with Gasteiger partial charge in [0.15, 0.2) is 0 Å². The Bertz CT molecular complexity index is 896. The molecule has 26 heavy (non-hydrogen) atoms. The normalized spacial score (nSPS) is 15.6. The average molecular weight is 394 g/mol. The molecule has 1 aromatic heterocycles. The molecule has 3 rings (SSSR count). The van der Waals surface area contributed by atoms with Gasteiger partial charge in [-0.25, -0.2) is 13.4 Å². The number of halogens is 1. The molecule has 1 aliphatic rings. The summed E-state index contributed by atoms with van der Waals surface area (Å²) in [7, 11) is -3.49. The number of pyridine rings is 1. The Hall–Kier alpha value is -1.96. The van der Waals surface area contributed by atoms with Gasteiger partial charge in [-0.05, 0) is 42.7 Å². The molecule has 0 bridgehead atoms. The first-order chi connectivity index (χ1) is 12.5. The maximum Gasteiger partial charge on any atom is 0.251 e. The molecular weight excluding hydrogens is 374 g/mol. The molecule has 0 spiro atoms. The molecule has 8 heteroatoms. The fraction of sp³-hybridized carbons (Fsp3) is 0.333. The molecule has 1 saturated heterocycles. The molecule has 138 valence electrons. The Morgan fingerprint density at radius 2 is 1.92 bits per heavy atom. The highest BCUT2D eigenvalue weighted by Gasteiger charge is 2.25. The molecule has 1 aliphatic heterocycles. The summed E-state index contributed by atoms with van der Waals surface area (Å²) < 4.78 is 27.0. The van der Waals surface area contributed by atoms with E-state index >= 15 is 0 Å². The summed E-state index contributed by atoms with van der Waals surface area (Å²) in [6, 6.07) is 9.74. The van der Waals surface area contributed by atoms with Gasteiger partial charge in [-0.2, -0.15) is 4.31 Å². The molecule has 2 heterocycles. The largest absolute Gasteiger partial charge is 0.348 e. The number of carbonyl (C=O) groups is 1. The van der Waals surface area contributed by atoms with Crippen LogP contribution in [0.4, 0.5) is 0 Å². The van der Waals surface area contributed by atoms with E-state index in [1.54, 1.807) is 30.3 Å². The Morgan fingerprint density at radius 1 is 1.15 bits per heavy atom. The first-order valence-corrected chi connectivity index (χ1v) is 10.3. The molecule has 1 aromatic carbocycles. The number of carbonyl (C=O) groups excluding carboxylic acids is 1. The van der Waals surface area contributed by atoms with E-state index in [1.807, 2.05) is 0 Å². The van der Waals surface area contributed by atoms with Gasteiger partial charge in [-0.1, -0.05) is 30.2 Å². The van der Waals surface area contributed by atoms with Crippen molar-refractivity contribution < 1.29 is 13.2 Å². The van der Waals surface area contributed by atoms with Crippen LogP contribution in [0.2, 0.25) is 5.15 Å². The van der Waals surface area contributed by atoms with E-state index in [-0.39, 0.29) is 22.5 Å². The second-order valence-corrected chi connectivity index (χ2v) is 8.49. The highest BCUT2D eigenvalue weighted by Crippen LogP contribution is 2.21. The van der Waals surface area contributed by atoms with E-state index in [1.165, 1.54) is 16.6 Å². The molecule has 0 atom stereocenters. The van der Waals surface area contributed by atoms with Gasteiger partial charge < -0.3 is 5.32 Å². The van der Waals surface area contributed by atoms with Crippen molar-refractivity contribution in [1.29, 1.82) is 0 Å². The van der Waals surface area contributed by atoms with Crippen LogP contribution in [0.25, 0.3) is 0 Å². The highest BCUT2D eigenvalue weighted by atomic mass is 35.5. The molecule has 2 aromatic rings. The van der Waals surface area contributed by atoms with Crippen LogP contribution < -0.4 is 5.32 Å². The third kappa shape index (κ3) is 4.41. The maximum atomic E-state index is 12.8. The summed E-state index contributed by atoms with van der Waals surface area (Å²) in [5.41, 5.74) is 1.12. The van der Waals surface area contributed by atoms with Gasteiger partial charge in [0, 0.05) is 31.4 Å². The number of benzene rings is 1. The van der Waals surface area contributed by atoms with Gasteiger partial charge in [-0.15, -0.1) is 0 Å².